The van der Waals surface area contributed by atoms with Crippen molar-refractivity contribution in [3.05, 3.63) is 29.8 Å². The zero-order chi connectivity index (χ0) is 13.0. The van der Waals surface area contributed by atoms with E-state index in [0.29, 0.717) is 6.04 Å². The van der Waals surface area contributed by atoms with Crippen LogP contribution in [-0.4, -0.2) is 6.04 Å². The lowest BCUT2D eigenvalue weighted by Crippen LogP contribution is -2.18. The summed E-state index contributed by atoms with van der Waals surface area (Å²) in [5, 5.41) is 3.33. The van der Waals surface area contributed by atoms with E-state index in [1.807, 2.05) is 0 Å². The average molecular weight is 257 g/mol. The molecule has 1 saturated carbocycles. The van der Waals surface area contributed by atoms with Gasteiger partial charge in [0, 0.05) is 11.7 Å². The zero-order valence-corrected chi connectivity index (χ0v) is 10.3. The highest BCUT2D eigenvalue weighted by atomic mass is 19.4. The minimum Gasteiger partial charge on any atom is -0.382 e. The van der Waals surface area contributed by atoms with Gasteiger partial charge in [-0.15, -0.1) is 0 Å². The van der Waals surface area contributed by atoms with Crippen LogP contribution in [0.2, 0.25) is 0 Å². The second-order valence-corrected chi connectivity index (χ2v) is 4.91. The van der Waals surface area contributed by atoms with Crippen molar-refractivity contribution < 1.29 is 13.2 Å². The summed E-state index contributed by atoms with van der Waals surface area (Å²) in [6, 6.07) is 5.73. The highest BCUT2D eigenvalue weighted by Gasteiger charge is 2.29. The molecule has 0 aromatic heterocycles. The van der Waals surface area contributed by atoms with Crippen LogP contribution in [0, 0.1) is 0 Å². The summed E-state index contributed by atoms with van der Waals surface area (Å²) in [5.74, 6) is 0. The van der Waals surface area contributed by atoms with E-state index in [1.165, 1.54) is 37.8 Å². The molecule has 4 heteroatoms. The van der Waals surface area contributed by atoms with Gasteiger partial charge in [0.25, 0.3) is 0 Å². The zero-order valence-electron chi connectivity index (χ0n) is 10.3. The third kappa shape index (κ3) is 3.65. The van der Waals surface area contributed by atoms with Crippen molar-refractivity contribution >= 4 is 5.69 Å². The molecule has 2 rings (SSSR count). The summed E-state index contributed by atoms with van der Waals surface area (Å²) in [6.07, 6.45) is 2.93. The first-order valence-corrected chi connectivity index (χ1v) is 6.49. The molecule has 0 radical (unpaired) electrons. The lowest BCUT2D eigenvalue weighted by atomic mass is 10.1. The summed E-state index contributed by atoms with van der Waals surface area (Å²) >= 11 is 0. The average Bonchev–Trinajstić information content (AvgIpc) is 2.57. The first-order valence-electron chi connectivity index (χ1n) is 6.49. The second kappa shape index (κ2) is 5.63. The third-order valence-electron chi connectivity index (χ3n) is 3.44. The molecule has 0 atom stereocenters. The van der Waals surface area contributed by atoms with Crippen LogP contribution >= 0.6 is 0 Å². The molecule has 0 amide bonds. The number of anilines is 1. The number of hydrogen-bond acceptors (Lipinski definition) is 1. The van der Waals surface area contributed by atoms with E-state index < -0.39 is 11.7 Å². The number of alkyl halides is 3. The molecule has 0 spiro atoms. The van der Waals surface area contributed by atoms with Crippen molar-refractivity contribution in [2.24, 2.45) is 0 Å². The Bertz CT molecular complexity index is 362. The topological polar surface area (TPSA) is 12.0 Å². The van der Waals surface area contributed by atoms with Gasteiger partial charge in [-0.25, -0.2) is 0 Å². The maximum atomic E-state index is 12.4. The van der Waals surface area contributed by atoms with Gasteiger partial charge >= 0.3 is 6.18 Å². The van der Waals surface area contributed by atoms with Gasteiger partial charge in [-0.3, -0.25) is 0 Å². The Morgan fingerprint density at radius 3 is 1.94 bits per heavy atom. The third-order valence-corrected chi connectivity index (χ3v) is 3.44. The SMILES string of the molecule is FC(F)(F)c1ccc(NC2CCCCCC2)cc1. The summed E-state index contributed by atoms with van der Waals surface area (Å²) in [7, 11) is 0. The van der Waals surface area contributed by atoms with Gasteiger partial charge in [-0.2, -0.15) is 13.2 Å². The maximum Gasteiger partial charge on any atom is 0.416 e. The van der Waals surface area contributed by atoms with Gasteiger partial charge < -0.3 is 5.32 Å². The molecule has 1 nitrogen and oxygen atoms in total. The van der Waals surface area contributed by atoms with Crippen molar-refractivity contribution in [1.82, 2.24) is 0 Å². The van der Waals surface area contributed by atoms with E-state index in [2.05, 4.69) is 5.32 Å². The Morgan fingerprint density at radius 1 is 0.889 bits per heavy atom. The molecule has 18 heavy (non-hydrogen) atoms. The van der Waals surface area contributed by atoms with Gasteiger partial charge in [0.05, 0.1) is 5.56 Å². The molecule has 1 N–H and O–H groups in total. The van der Waals surface area contributed by atoms with Gasteiger partial charge in [0.1, 0.15) is 0 Å². The molecule has 0 bridgehead atoms. The van der Waals surface area contributed by atoms with Gasteiger partial charge in [0.2, 0.25) is 0 Å². The molecular weight excluding hydrogens is 239 g/mol. The Hall–Kier alpha value is -1.19. The van der Waals surface area contributed by atoms with E-state index in [0.717, 1.165) is 30.7 Å². The minimum absolute atomic E-state index is 0.407. The fourth-order valence-corrected chi connectivity index (χ4v) is 2.41. The van der Waals surface area contributed by atoms with Crippen LogP contribution < -0.4 is 5.32 Å². The van der Waals surface area contributed by atoms with E-state index in [1.54, 1.807) is 0 Å². The molecule has 1 aromatic carbocycles. The fourth-order valence-electron chi connectivity index (χ4n) is 2.41. The summed E-state index contributed by atoms with van der Waals surface area (Å²) < 4.78 is 37.2. The first-order chi connectivity index (χ1) is 8.55. The Balaban J connectivity index is 1.97. The monoisotopic (exact) mass is 257 g/mol. The lowest BCUT2D eigenvalue weighted by molar-refractivity contribution is -0.137. The van der Waals surface area contributed by atoms with Crippen LogP contribution in [0.25, 0.3) is 0 Å². The number of benzene rings is 1. The summed E-state index contributed by atoms with van der Waals surface area (Å²) in [5.41, 5.74) is 0.198. The van der Waals surface area contributed by atoms with Crippen molar-refractivity contribution in [2.45, 2.75) is 50.7 Å². The highest BCUT2D eigenvalue weighted by molar-refractivity contribution is 5.45. The van der Waals surface area contributed by atoms with Crippen LogP contribution in [0.15, 0.2) is 24.3 Å². The molecule has 1 fully saturated rings. The van der Waals surface area contributed by atoms with Crippen LogP contribution in [0.4, 0.5) is 18.9 Å². The molecule has 0 aliphatic heterocycles. The fraction of sp³-hybridized carbons (Fsp3) is 0.571. The van der Waals surface area contributed by atoms with Crippen molar-refractivity contribution in [2.75, 3.05) is 5.32 Å². The predicted octanol–water partition coefficient (Wildman–Crippen LogP) is 4.84. The lowest BCUT2D eigenvalue weighted by Gasteiger charge is -2.18. The molecule has 1 aliphatic carbocycles. The minimum atomic E-state index is -4.25. The molecule has 1 aromatic rings. The van der Waals surface area contributed by atoms with E-state index >= 15 is 0 Å². The van der Waals surface area contributed by atoms with Gasteiger partial charge in [0.15, 0.2) is 0 Å². The van der Waals surface area contributed by atoms with Gasteiger partial charge in [-0.05, 0) is 37.1 Å². The number of rotatable bonds is 2. The molecule has 100 valence electrons. The van der Waals surface area contributed by atoms with Gasteiger partial charge in [-0.1, -0.05) is 25.7 Å². The molecule has 0 heterocycles. The van der Waals surface area contributed by atoms with Crippen LogP contribution in [0.3, 0.4) is 0 Å². The second-order valence-electron chi connectivity index (χ2n) is 4.91. The van der Waals surface area contributed by atoms with Crippen molar-refractivity contribution in [3.8, 4) is 0 Å². The standard InChI is InChI=1S/C14H18F3N/c15-14(16,17)11-7-9-13(10-8-11)18-12-5-3-1-2-4-6-12/h7-10,12,18H,1-6H2. The Morgan fingerprint density at radius 2 is 1.44 bits per heavy atom. The van der Waals surface area contributed by atoms with Crippen LogP contribution in [-0.2, 0) is 6.18 Å². The number of nitrogens with one attached hydrogen (secondary N) is 1. The smallest absolute Gasteiger partial charge is 0.382 e. The normalized spacial score (nSPS) is 18.4. The molecule has 0 saturated heterocycles. The highest BCUT2D eigenvalue weighted by Crippen LogP contribution is 2.30. The summed E-state index contributed by atoms with van der Waals surface area (Å²) in [4.78, 5) is 0. The van der Waals surface area contributed by atoms with Crippen LogP contribution in [0.5, 0.6) is 0 Å². The Labute approximate surface area is 105 Å². The van der Waals surface area contributed by atoms with Crippen molar-refractivity contribution in [1.29, 1.82) is 0 Å². The quantitative estimate of drug-likeness (QED) is 0.747. The predicted molar refractivity (Wildman–Crippen MR) is 66.6 cm³/mol. The van der Waals surface area contributed by atoms with E-state index in [9.17, 15) is 13.2 Å². The molecule has 1 aliphatic rings. The van der Waals surface area contributed by atoms with E-state index in [-0.39, 0.29) is 0 Å². The number of hydrogen-bond donors (Lipinski definition) is 1. The molecular formula is C14H18F3N. The van der Waals surface area contributed by atoms with Crippen molar-refractivity contribution in [3.63, 3.8) is 0 Å². The maximum absolute atomic E-state index is 12.4. The Kier molecular flexibility index (Phi) is 4.15. The summed E-state index contributed by atoms with van der Waals surface area (Å²) in [6.45, 7) is 0. The first kappa shape index (κ1) is 13.2. The van der Waals surface area contributed by atoms with E-state index in [4.69, 9.17) is 0 Å². The largest absolute Gasteiger partial charge is 0.416 e. The number of halogens is 3. The van der Waals surface area contributed by atoms with Crippen LogP contribution in [0.1, 0.15) is 44.1 Å². The molecule has 0 unspecified atom stereocenters.